The van der Waals surface area contributed by atoms with E-state index < -0.39 is 0 Å². The van der Waals surface area contributed by atoms with E-state index in [1.807, 2.05) is 18.5 Å². The average molecular weight is 422 g/mol. The number of nitrogens with zero attached hydrogens (tertiary/aromatic N) is 5. The van der Waals surface area contributed by atoms with Crippen molar-refractivity contribution in [3.63, 3.8) is 0 Å². The third-order valence-electron chi connectivity index (χ3n) is 8.31. The molecule has 0 aromatic carbocycles. The van der Waals surface area contributed by atoms with Crippen molar-refractivity contribution in [3.8, 4) is 5.75 Å². The van der Waals surface area contributed by atoms with E-state index >= 15 is 0 Å². The van der Waals surface area contributed by atoms with Crippen molar-refractivity contribution in [2.24, 2.45) is 17.3 Å². The fraction of sp³-hybridized carbons (Fsp3) is 0.667. The fourth-order valence-electron chi connectivity index (χ4n) is 7.59. The van der Waals surface area contributed by atoms with Gasteiger partial charge < -0.3 is 9.64 Å². The van der Waals surface area contributed by atoms with Gasteiger partial charge >= 0.3 is 0 Å². The minimum Gasteiger partial charge on any atom is -0.489 e. The van der Waals surface area contributed by atoms with Crippen molar-refractivity contribution >= 4 is 5.91 Å². The summed E-state index contributed by atoms with van der Waals surface area (Å²) in [6, 6.07) is 3.84. The largest absolute Gasteiger partial charge is 0.489 e. The third-order valence-corrected chi connectivity index (χ3v) is 8.31. The van der Waals surface area contributed by atoms with E-state index in [9.17, 15) is 4.79 Å². The zero-order chi connectivity index (χ0) is 20.9. The SMILES string of the molecule is O=C(CC12C[C@@H]3C[C@@H](C1)CC(n1cncn1)(C3)C2)N1CCC(Oc2cccnc2)CC1. The molecule has 5 aliphatic rings. The first-order valence-corrected chi connectivity index (χ1v) is 11.8. The Morgan fingerprint density at radius 2 is 1.94 bits per heavy atom. The van der Waals surface area contributed by atoms with Crippen LogP contribution in [0.5, 0.6) is 5.75 Å². The van der Waals surface area contributed by atoms with E-state index in [-0.39, 0.29) is 17.1 Å². The molecule has 2 atom stereocenters. The molecule has 2 aromatic heterocycles. The molecular formula is C24H31N5O2. The molecule has 1 aliphatic heterocycles. The molecule has 0 radical (unpaired) electrons. The summed E-state index contributed by atoms with van der Waals surface area (Å²) >= 11 is 0. The number of carbonyl (C=O) groups excluding carboxylic acids is 1. The summed E-state index contributed by atoms with van der Waals surface area (Å²) < 4.78 is 8.19. The van der Waals surface area contributed by atoms with Crippen molar-refractivity contribution in [2.45, 2.75) is 69.4 Å². The van der Waals surface area contributed by atoms with E-state index in [0.717, 1.165) is 49.9 Å². The Kier molecular flexibility index (Phi) is 4.54. The van der Waals surface area contributed by atoms with Crippen molar-refractivity contribution in [1.82, 2.24) is 24.6 Å². The quantitative estimate of drug-likeness (QED) is 0.740. The lowest BCUT2D eigenvalue weighted by molar-refractivity contribution is -0.147. The predicted molar refractivity (Wildman–Crippen MR) is 114 cm³/mol. The lowest BCUT2D eigenvalue weighted by Gasteiger charge is -2.62. The standard InChI is InChI=1S/C24H31N5O2/c30-22(28-6-3-20(4-7-28)31-21-2-1-5-25-14-21)13-23-9-18-8-19(10-23)12-24(11-18,15-23)29-17-26-16-27-29/h1-2,5,14,16-20H,3-4,6-13,15H2/t18-,19-,23?,24?/m0/s1. The maximum Gasteiger partial charge on any atom is 0.223 e. The molecular weight excluding hydrogens is 390 g/mol. The summed E-state index contributed by atoms with van der Waals surface area (Å²) in [7, 11) is 0. The Bertz CT molecular complexity index is 909. The van der Waals surface area contributed by atoms with Gasteiger partial charge in [-0.05, 0) is 67.9 Å². The number of rotatable bonds is 5. The molecule has 0 spiro atoms. The van der Waals surface area contributed by atoms with E-state index in [1.54, 1.807) is 18.7 Å². The number of ether oxygens (including phenoxy) is 1. The van der Waals surface area contributed by atoms with Crippen molar-refractivity contribution in [2.75, 3.05) is 13.1 Å². The van der Waals surface area contributed by atoms with Gasteiger partial charge in [-0.3, -0.25) is 9.78 Å². The van der Waals surface area contributed by atoms with Crippen molar-refractivity contribution in [1.29, 1.82) is 0 Å². The smallest absolute Gasteiger partial charge is 0.223 e. The molecule has 164 valence electrons. The van der Waals surface area contributed by atoms with Gasteiger partial charge in [-0.2, -0.15) is 5.10 Å². The molecule has 31 heavy (non-hydrogen) atoms. The lowest BCUT2D eigenvalue weighted by Crippen LogP contribution is -2.58. The second-order valence-electron chi connectivity index (χ2n) is 10.6. The van der Waals surface area contributed by atoms with E-state index in [2.05, 4.69) is 24.6 Å². The molecule has 7 rings (SSSR count). The van der Waals surface area contributed by atoms with Crippen LogP contribution >= 0.6 is 0 Å². The van der Waals surface area contributed by atoms with Gasteiger partial charge in [0.25, 0.3) is 0 Å². The van der Waals surface area contributed by atoms with Gasteiger partial charge in [0.1, 0.15) is 24.5 Å². The van der Waals surface area contributed by atoms with Crippen molar-refractivity contribution < 1.29 is 9.53 Å². The molecule has 7 heteroatoms. The molecule has 1 amide bonds. The Morgan fingerprint density at radius 3 is 2.61 bits per heavy atom. The minimum atomic E-state index is 0.0887. The van der Waals surface area contributed by atoms with Crippen LogP contribution in [0, 0.1) is 17.3 Å². The summed E-state index contributed by atoms with van der Waals surface area (Å²) in [6.07, 6.45) is 17.0. The Morgan fingerprint density at radius 1 is 1.13 bits per heavy atom. The van der Waals surface area contributed by atoms with Gasteiger partial charge in [-0.15, -0.1) is 0 Å². The summed E-state index contributed by atoms with van der Waals surface area (Å²) in [5, 5.41) is 4.54. The molecule has 0 N–H and O–H groups in total. The highest BCUT2D eigenvalue weighted by Crippen LogP contribution is 2.65. The van der Waals surface area contributed by atoms with Crippen LogP contribution < -0.4 is 4.74 Å². The molecule has 1 saturated heterocycles. The second-order valence-corrected chi connectivity index (χ2v) is 10.6. The van der Waals surface area contributed by atoms with Gasteiger partial charge in [0.05, 0.1) is 11.7 Å². The van der Waals surface area contributed by atoms with E-state index in [4.69, 9.17) is 4.74 Å². The lowest BCUT2D eigenvalue weighted by atomic mass is 9.46. The van der Waals surface area contributed by atoms with Crippen LogP contribution in [-0.2, 0) is 10.3 Å². The predicted octanol–water partition coefficient (Wildman–Crippen LogP) is 3.43. The van der Waals surface area contributed by atoms with Gasteiger partial charge in [0.2, 0.25) is 5.91 Å². The average Bonchev–Trinajstić information content (AvgIpc) is 3.30. The van der Waals surface area contributed by atoms with Gasteiger partial charge in [0, 0.05) is 38.5 Å². The first-order chi connectivity index (χ1) is 15.1. The molecule has 4 saturated carbocycles. The first kappa shape index (κ1) is 19.3. The maximum atomic E-state index is 13.4. The summed E-state index contributed by atoms with van der Waals surface area (Å²) in [5.74, 6) is 2.63. The fourth-order valence-corrected chi connectivity index (χ4v) is 7.59. The normalized spacial score (nSPS) is 34.8. The molecule has 0 unspecified atom stereocenters. The van der Waals surface area contributed by atoms with Crippen LogP contribution in [0.3, 0.4) is 0 Å². The molecule has 4 aliphatic carbocycles. The number of hydrogen-bond donors (Lipinski definition) is 0. The summed E-state index contributed by atoms with van der Waals surface area (Å²) in [4.78, 5) is 23.8. The Labute approximate surface area is 183 Å². The maximum absolute atomic E-state index is 13.4. The number of aromatic nitrogens is 4. The third kappa shape index (κ3) is 3.52. The number of amides is 1. The number of likely N-dealkylation sites (tertiary alicyclic amines) is 1. The van der Waals surface area contributed by atoms with Gasteiger partial charge in [-0.25, -0.2) is 9.67 Å². The number of piperidine rings is 1. The number of hydrogen-bond acceptors (Lipinski definition) is 5. The van der Waals surface area contributed by atoms with Crippen LogP contribution in [0.15, 0.2) is 37.2 Å². The van der Waals surface area contributed by atoms with Gasteiger partial charge in [-0.1, -0.05) is 0 Å². The first-order valence-electron chi connectivity index (χ1n) is 11.8. The number of pyridine rings is 1. The van der Waals surface area contributed by atoms with E-state index in [1.165, 1.54) is 32.1 Å². The highest BCUT2D eigenvalue weighted by Gasteiger charge is 2.59. The van der Waals surface area contributed by atoms with Crippen LogP contribution in [0.4, 0.5) is 0 Å². The zero-order valence-electron chi connectivity index (χ0n) is 18.0. The van der Waals surface area contributed by atoms with Crippen LogP contribution in [0.25, 0.3) is 0 Å². The summed E-state index contributed by atoms with van der Waals surface area (Å²) in [6.45, 7) is 1.59. The van der Waals surface area contributed by atoms with E-state index in [0.29, 0.717) is 12.3 Å². The highest BCUT2D eigenvalue weighted by molar-refractivity contribution is 5.77. The zero-order valence-corrected chi connectivity index (χ0v) is 18.0. The molecule has 4 bridgehead atoms. The van der Waals surface area contributed by atoms with Crippen LogP contribution in [0.1, 0.15) is 57.8 Å². The Hall–Kier alpha value is -2.44. The van der Waals surface area contributed by atoms with Crippen LogP contribution in [-0.4, -0.2) is 49.7 Å². The number of carbonyl (C=O) groups is 1. The Balaban J connectivity index is 1.11. The summed E-state index contributed by atoms with van der Waals surface area (Å²) in [5.41, 5.74) is 0.238. The van der Waals surface area contributed by atoms with Crippen molar-refractivity contribution in [3.05, 3.63) is 37.2 Å². The van der Waals surface area contributed by atoms with Crippen LogP contribution in [0.2, 0.25) is 0 Å². The monoisotopic (exact) mass is 421 g/mol. The molecule has 7 nitrogen and oxygen atoms in total. The molecule has 2 aromatic rings. The topological polar surface area (TPSA) is 73.1 Å². The minimum absolute atomic E-state index is 0.0887. The molecule has 5 fully saturated rings. The molecule has 3 heterocycles. The second kappa shape index (κ2) is 7.31. The van der Waals surface area contributed by atoms with Gasteiger partial charge in [0.15, 0.2) is 0 Å². The highest BCUT2D eigenvalue weighted by atomic mass is 16.5.